The van der Waals surface area contributed by atoms with Gasteiger partial charge >= 0.3 is 11.8 Å². The summed E-state index contributed by atoms with van der Waals surface area (Å²) in [6, 6.07) is 15.0. The van der Waals surface area contributed by atoms with E-state index in [-0.39, 0.29) is 18.9 Å². The third-order valence-electron chi connectivity index (χ3n) is 5.00. The summed E-state index contributed by atoms with van der Waals surface area (Å²) in [5.41, 5.74) is 3.95. The monoisotopic (exact) mass is 636 g/mol. The van der Waals surface area contributed by atoms with Crippen molar-refractivity contribution in [3.05, 3.63) is 80.2 Å². The van der Waals surface area contributed by atoms with Crippen molar-refractivity contribution in [3.63, 3.8) is 0 Å². The largest absolute Gasteiger partial charge is 0.497 e. The number of anilines is 1. The minimum atomic E-state index is -0.932. The van der Waals surface area contributed by atoms with Crippen molar-refractivity contribution in [3.8, 4) is 17.2 Å². The second-order valence-electron chi connectivity index (χ2n) is 7.73. The molecule has 0 atom stereocenters. The minimum Gasteiger partial charge on any atom is -0.497 e. The topological polar surface area (TPSA) is 127 Å². The Balaban J connectivity index is 1.53. The van der Waals surface area contributed by atoms with Gasteiger partial charge in [0.1, 0.15) is 5.75 Å². The quantitative estimate of drug-likeness (QED) is 0.170. The minimum absolute atomic E-state index is 0.164. The zero-order chi connectivity index (χ0) is 28.4. The summed E-state index contributed by atoms with van der Waals surface area (Å²) in [7, 11) is 2.99. The van der Waals surface area contributed by atoms with Gasteiger partial charge in [-0.15, -0.1) is 0 Å². The third kappa shape index (κ3) is 8.88. The van der Waals surface area contributed by atoms with E-state index >= 15 is 0 Å². The van der Waals surface area contributed by atoms with Crippen molar-refractivity contribution in [2.45, 2.75) is 6.54 Å². The molecule has 3 N–H and O–H groups in total. The zero-order valence-electron chi connectivity index (χ0n) is 20.7. The number of halogens is 3. The summed E-state index contributed by atoms with van der Waals surface area (Å²) >= 11 is 15.2. The highest BCUT2D eigenvalue weighted by atomic mass is 79.9. The number of rotatable bonds is 10. The lowest BCUT2D eigenvalue weighted by molar-refractivity contribution is -0.139. The molecule has 13 heteroatoms. The molecule has 0 heterocycles. The molecule has 0 aliphatic heterocycles. The highest BCUT2D eigenvalue weighted by molar-refractivity contribution is 9.10. The van der Waals surface area contributed by atoms with E-state index in [1.165, 1.54) is 19.4 Å². The number of amides is 3. The standard InChI is InChI=1S/C26H23BrCl2N4O6/c1-37-18-6-3-15(4-7-18)12-30-25(35)26(36)33-31-13-16-9-19(27)24(22(10-16)38-2)39-14-23(34)32-17-5-8-20(28)21(29)11-17/h3-11,13H,12,14H2,1-2H3,(H,30,35)(H,32,34)(H,33,36)/b31-13-. The summed E-state index contributed by atoms with van der Waals surface area (Å²) in [6.07, 6.45) is 1.32. The van der Waals surface area contributed by atoms with E-state index in [1.54, 1.807) is 55.6 Å². The fourth-order valence-electron chi connectivity index (χ4n) is 3.09. The van der Waals surface area contributed by atoms with Crippen LogP contribution in [0.25, 0.3) is 0 Å². The maximum Gasteiger partial charge on any atom is 0.329 e. The van der Waals surface area contributed by atoms with Crippen molar-refractivity contribution in [1.29, 1.82) is 0 Å². The number of ether oxygens (including phenoxy) is 3. The molecule has 3 amide bonds. The van der Waals surface area contributed by atoms with Gasteiger partial charge < -0.3 is 24.8 Å². The van der Waals surface area contributed by atoms with Crippen LogP contribution in [0.2, 0.25) is 10.0 Å². The number of hydrogen-bond donors (Lipinski definition) is 3. The van der Waals surface area contributed by atoms with Crippen molar-refractivity contribution >= 4 is 68.8 Å². The molecular weight excluding hydrogens is 615 g/mol. The van der Waals surface area contributed by atoms with E-state index in [9.17, 15) is 14.4 Å². The number of nitrogens with zero attached hydrogens (tertiary/aromatic N) is 1. The normalized spacial score (nSPS) is 10.6. The number of hydrogen-bond acceptors (Lipinski definition) is 7. The summed E-state index contributed by atoms with van der Waals surface area (Å²) < 4.78 is 16.5. The summed E-state index contributed by atoms with van der Waals surface area (Å²) in [6.45, 7) is -0.151. The predicted molar refractivity (Wildman–Crippen MR) is 152 cm³/mol. The molecule has 0 saturated carbocycles. The molecule has 0 aromatic heterocycles. The van der Waals surface area contributed by atoms with Crippen LogP contribution in [0.15, 0.2) is 64.2 Å². The highest BCUT2D eigenvalue weighted by Crippen LogP contribution is 2.36. The van der Waals surface area contributed by atoms with Crippen molar-refractivity contribution in [1.82, 2.24) is 10.7 Å². The number of methoxy groups -OCH3 is 2. The van der Waals surface area contributed by atoms with Gasteiger partial charge in [-0.1, -0.05) is 35.3 Å². The fourth-order valence-corrected chi connectivity index (χ4v) is 3.96. The fraction of sp³-hybridized carbons (Fsp3) is 0.154. The van der Waals surface area contributed by atoms with Gasteiger partial charge in [-0.2, -0.15) is 5.10 Å². The van der Waals surface area contributed by atoms with E-state index in [0.29, 0.717) is 37.3 Å². The Labute approximate surface area is 242 Å². The van der Waals surface area contributed by atoms with Crippen LogP contribution in [-0.2, 0) is 20.9 Å². The first kappa shape index (κ1) is 29.8. The molecular formula is C26H23BrCl2N4O6. The molecule has 0 spiro atoms. The van der Waals surface area contributed by atoms with Gasteiger partial charge in [0.2, 0.25) is 0 Å². The average Bonchev–Trinajstić information content (AvgIpc) is 2.93. The number of nitrogens with one attached hydrogen (secondary N) is 3. The Morgan fingerprint density at radius 3 is 2.36 bits per heavy atom. The van der Waals surface area contributed by atoms with E-state index in [4.69, 9.17) is 37.4 Å². The first-order chi connectivity index (χ1) is 18.7. The molecule has 0 fully saturated rings. The summed E-state index contributed by atoms with van der Waals surface area (Å²) in [5, 5.41) is 9.66. The second kappa shape index (κ2) is 14.4. The molecule has 39 heavy (non-hydrogen) atoms. The first-order valence-electron chi connectivity index (χ1n) is 11.2. The zero-order valence-corrected chi connectivity index (χ0v) is 23.8. The Morgan fingerprint density at radius 1 is 0.949 bits per heavy atom. The third-order valence-corrected chi connectivity index (χ3v) is 6.33. The molecule has 3 aromatic carbocycles. The molecule has 0 aliphatic rings. The maximum absolute atomic E-state index is 12.3. The Morgan fingerprint density at radius 2 is 1.69 bits per heavy atom. The van der Waals surface area contributed by atoms with Gasteiger partial charge in [-0.25, -0.2) is 5.43 Å². The van der Waals surface area contributed by atoms with Crippen molar-refractivity contribution < 1.29 is 28.6 Å². The number of carbonyl (C=O) groups excluding carboxylic acids is 3. The lowest BCUT2D eigenvalue weighted by Gasteiger charge is -2.13. The predicted octanol–water partition coefficient (Wildman–Crippen LogP) is 4.56. The summed E-state index contributed by atoms with van der Waals surface area (Å²) in [4.78, 5) is 36.4. The van der Waals surface area contributed by atoms with E-state index in [0.717, 1.165) is 5.56 Å². The molecule has 10 nitrogen and oxygen atoms in total. The van der Waals surface area contributed by atoms with Crippen LogP contribution in [0.4, 0.5) is 5.69 Å². The van der Waals surface area contributed by atoms with Crippen molar-refractivity contribution in [2.24, 2.45) is 5.10 Å². The molecule has 0 radical (unpaired) electrons. The van der Waals surface area contributed by atoms with Gasteiger partial charge in [-0.3, -0.25) is 14.4 Å². The number of carbonyl (C=O) groups is 3. The lowest BCUT2D eigenvalue weighted by Crippen LogP contribution is -2.37. The van der Waals surface area contributed by atoms with Gasteiger partial charge in [0.25, 0.3) is 5.91 Å². The van der Waals surface area contributed by atoms with Crippen molar-refractivity contribution in [2.75, 3.05) is 26.1 Å². The van der Waals surface area contributed by atoms with Gasteiger partial charge in [0.15, 0.2) is 18.1 Å². The van der Waals surface area contributed by atoms with Crippen LogP contribution < -0.4 is 30.3 Å². The van der Waals surface area contributed by atoms with Gasteiger partial charge in [-0.05, 0) is 69.5 Å². The Hall–Kier alpha value is -3.80. The Kier molecular flexibility index (Phi) is 11.0. The average molecular weight is 638 g/mol. The molecule has 0 unspecified atom stereocenters. The Bertz CT molecular complexity index is 1390. The number of hydrazone groups is 1. The van der Waals surface area contributed by atoms with Crippen LogP contribution in [0.5, 0.6) is 17.2 Å². The van der Waals surface area contributed by atoms with Crippen LogP contribution >= 0.6 is 39.1 Å². The molecule has 3 rings (SSSR count). The van der Waals surface area contributed by atoms with Gasteiger partial charge in [0, 0.05) is 12.2 Å². The van der Waals surface area contributed by atoms with E-state index in [2.05, 4.69) is 37.1 Å². The van der Waals surface area contributed by atoms with Crippen LogP contribution in [0.1, 0.15) is 11.1 Å². The van der Waals surface area contributed by atoms with Crippen LogP contribution in [0.3, 0.4) is 0 Å². The molecule has 0 saturated heterocycles. The maximum atomic E-state index is 12.3. The van der Waals surface area contributed by atoms with E-state index in [1.807, 2.05) is 0 Å². The second-order valence-corrected chi connectivity index (χ2v) is 9.40. The SMILES string of the molecule is COc1ccc(CNC(=O)C(=O)N/N=C\c2cc(Br)c(OCC(=O)Nc3ccc(Cl)c(Cl)c3)c(OC)c2)cc1. The van der Waals surface area contributed by atoms with Crippen LogP contribution in [-0.4, -0.2) is 44.8 Å². The number of benzene rings is 3. The summed E-state index contributed by atoms with van der Waals surface area (Å²) in [5.74, 6) is -0.938. The smallest absolute Gasteiger partial charge is 0.329 e. The highest BCUT2D eigenvalue weighted by Gasteiger charge is 2.15. The lowest BCUT2D eigenvalue weighted by atomic mass is 10.2. The van der Waals surface area contributed by atoms with Crippen LogP contribution in [0, 0.1) is 0 Å². The molecule has 0 aliphatic carbocycles. The molecule has 204 valence electrons. The van der Waals surface area contributed by atoms with E-state index < -0.39 is 17.7 Å². The molecule has 0 bridgehead atoms. The van der Waals surface area contributed by atoms with Gasteiger partial charge in [0.05, 0.1) is 35.0 Å². The first-order valence-corrected chi connectivity index (χ1v) is 12.7. The molecule has 3 aromatic rings.